The first-order chi connectivity index (χ1) is 15.5. The van der Waals surface area contributed by atoms with Crippen LogP contribution < -0.4 is 15.0 Å². The summed E-state index contributed by atoms with van der Waals surface area (Å²) in [6, 6.07) is 15.2. The van der Waals surface area contributed by atoms with Crippen molar-refractivity contribution in [1.29, 1.82) is 0 Å². The van der Waals surface area contributed by atoms with Gasteiger partial charge in [-0.05, 0) is 47.4 Å². The van der Waals surface area contributed by atoms with Crippen molar-refractivity contribution < 1.29 is 9.66 Å². The Hall–Kier alpha value is -3.65. The van der Waals surface area contributed by atoms with Crippen LogP contribution in [0.5, 0.6) is 5.75 Å². The summed E-state index contributed by atoms with van der Waals surface area (Å²) in [5, 5.41) is 15.7. The number of nitrogens with one attached hydrogen (secondary N) is 1. The van der Waals surface area contributed by atoms with Gasteiger partial charge in [0.2, 0.25) is 11.6 Å². The number of rotatable bonds is 7. The van der Waals surface area contributed by atoms with Crippen LogP contribution in [0.4, 0.5) is 17.3 Å². The zero-order valence-corrected chi connectivity index (χ0v) is 18.2. The molecule has 1 N–H and O–H groups in total. The predicted molar refractivity (Wildman–Crippen MR) is 125 cm³/mol. The summed E-state index contributed by atoms with van der Waals surface area (Å²) in [5.41, 5.74) is 3.12. The van der Waals surface area contributed by atoms with E-state index in [-0.39, 0.29) is 11.5 Å². The molecule has 0 saturated carbocycles. The Bertz CT molecular complexity index is 1130. The molecule has 8 nitrogen and oxygen atoms in total. The van der Waals surface area contributed by atoms with E-state index in [1.165, 1.54) is 11.9 Å². The second-order valence-corrected chi connectivity index (χ2v) is 7.72. The first-order valence-corrected chi connectivity index (χ1v) is 10.5. The molecule has 2 heterocycles. The van der Waals surface area contributed by atoms with Crippen molar-refractivity contribution in [3.05, 3.63) is 87.2 Å². The zero-order valence-electron chi connectivity index (χ0n) is 17.5. The summed E-state index contributed by atoms with van der Waals surface area (Å²) in [4.78, 5) is 21.8. The minimum absolute atomic E-state index is 0.121. The molecule has 0 saturated heterocycles. The lowest BCUT2D eigenvalue weighted by atomic mass is 9.99. The molecule has 0 aliphatic carbocycles. The Morgan fingerprint density at radius 2 is 1.91 bits per heavy atom. The maximum atomic E-state index is 11.9. The third kappa shape index (κ3) is 4.81. The fourth-order valence-electron chi connectivity index (χ4n) is 3.62. The number of ether oxygens (including phenoxy) is 1. The molecule has 1 aliphatic heterocycles. The van der Waals surface area contributed by atoms with Crippen LogP contribution in [0.15, 0.2) is 60.9 Å². The Kier molecular flexibility index (Phi) is 6.51. The fraction of sp³-hybridized carbons (Fsp3) is 0.217. The summed E-state index contributed by atoms with van der Waals surface area (Å²) < 4.78 is 5.16. The lowest BCUT2D eigenvalue weighted by Crippen LogP contribution is -2.30. The van der Waals surface area contributed by atoms with Gasteiger partial charge in [0.15, 0.2) is 0 Å². The first-order valence-electron chi connectivity index (χ1n) is 10.1. The quantitative estimate of drug-likeness (QED) is 0.401. The van der Waals surface area contributed by atoms with Crippen LogP contribution in [0.3, 0.4) is 0 Å². The molecule has 9 heteroatoms. The van der Waals surface area contributed by atoms with E-state index in [4.69, 9.17) is 16.3 Å². The van der Waals surface area contributed by atoms with Crippen molar-refractivity contribution in [1.82, 2.24) is 9.97 Å². The Balaban J connectivity index is 1.52. The van der Waals surface area contributed by atoms with Crippen LogP contribution in [-0.2, 0) is 6.54 Å². The number of methoxy groups -OCH3 is 1. The van der Waals surface area contributed by atoms with Gasteiger partial charge in [0.25, 0.3) is 0 Å². The van der Waals surface area contributed by atoms with Crippen molar-refractivity contribution in [2.45, 2.75) is 13.0 Å². The summed E-state index contributed by atoms with van der Waals surface area (Å²) >= 11 is 5.98. The first kappa shape index (κ1) is 21.6. The number of halogens is 1. The molecule has 3 aromatic rings. The number of nitrogens with zero attached hydrogens (tertiary/aromatic N) is 4. The van der Waals surface area contributed by atoms with Crippen LogP contribution in [0.2, 0.25) is 5.02 Å². The second kappa shape index (κ2) is 9.65. The maximum absolute atomic E-state index is 11.9. The van der Waals surface area contributed by atoms with Gasteiger partial charge in [-0.3, -0.25) is 10.1 Å². The van der Waals surface area contributed by atoms with Gasteiger partial charge in [0, 0.05) is 24.7 Å². The number of anilines is 2. The molecule has 0 unspecified atom stereocenters. The van der Waals surface area contributed by atoms with E-state index in [2.05, 4.69) is 21.4 Å². The van der Waals surface area contributed by atoms with Crippen LogP contribution in [0, 0.1) is 10.1 Å². The molecular weight excluding hydrogens is 430 g/mol. The number of hydrogen-bond donors (Lipinski definition) is 1. The van der Waals surface area contributed by atoms with Gasteiger partial charge in [0.1, 0.15) is 12.1 Å². The lowest BCUT2D eigenvalue weighted by molar-refractivity contribution is -0.383. The summed E-state index contributed by atoms with van der Waals surface area (Å²) in [7, 11) is 1.60. The van der Waals surface area contributed by atoms with Gasteiger partial charge in [-0.2, -0.15) is 0 Å². The van der Waals surface area contributed by atoms with Gasteiger partial charge < -0.3 is 15.0 Å². The van der Waals surface area contributed by atoms with E-state index in [1.54, 1.807) is 7.11 Å². The molecule has 164 valence electrons. The number of aromatic nitrogens is 2. The topological polar surface area (TPSA) is 93.4 Å². The number of hydrogen-bond acceptors (Lipinski definition) is 7. The van der Waals surface area contributed by atoms with Gasteiger partial charge in [-0.1, -0.05) is 41.9 Å². The normalized spacial score (nSPS) is 13.4. The molecule has 4 rings (SSSR count). The molecule has 1 aromatic heterocycles. The highest BCUT2D eigenvalue weighted by Gasteiger charge is 2.28. The fourth-order valence-corrected chi connectivity index (χ4v) is 3.74. The zero-order chi connectivity index (χ0) is 22.5. The van der Waals surface area contributed by atoms with Crippen molar-refractivity contribution in [3.63, 3.8) is 0 Å². The Morgan fingerprint density at radius 1 is 1.16 bits per heavy atom. The molecule has 0 bridgehead atoms. The smallest absolute Gasteiger partial charge is 0.353 e. The predicted octanol–water partition coefficient (Wildman–Crippen LogP) is 4.95. The van der Waals surface area contributed by atoms with E-state index < -0.39 is 4.92 Å². The largest absolute Gasteiger partial charge is 0.497 e. The highest BCUT2D eigenvalue weighted by Crippen LogP contribution is 2.34. The van der Waals surface area contributed by atoms with Crippen molar-refractivity contribution >= 4 is 34.5 Å². The lowest BCUT2D eigenvalue weighted by Gasteiger charge is -2.27. The SMILES string of the molecule is COc1ccc(CNc2ncnc(N3CC=C(c4ccc(Cl)cc4)CC3)c2[N+](=O)[O-])cc1. The summed E-state index contributed by atoms with van der Waals surface area (Å²) in [6.07, 6.45) is 4.18. The number of nitro groups is 1. The third-order valence-corrected chi connectivity index (χ3v) is 5.58. The molecular formula is C23H22ClN5O3. The number of benzene rings is 2. The summed E-state index contributed by atoms with van der Waals surface area (Å²) in [5.74, 6) is 1.26. The average molecular weight is 452 g/mol. The molecule has 0 spiro atoms. The molecule has 0 fully saturated rings. The highest BCUT2D eigenvalue weighted by atomic mass is 35.5. The van der Waals surface area contributed by atoms with Gasteiger partial charge >= 0.3 is 5.69 Å². The van der Waals surface area contributed by atoms with Crippen LogP contribution in [-0.4, -0.2) is 35.1 Å². The van der Waals surface area contributed by atoms with Gasteiger partial charge in [0.05, 0.1) is 12.0 Å². The third-order valence-electron chi connectivity index (χ3n) is 5.33. The Labute approximate surface area is 190 Å². The maximum Gasteiger partial charge on any atom is 0.353 e. The van der Waals surface area contributed by atoms with E-state index in [1.807, 2.05) is 53.4 Å². The monoisotopic (exact) mass is 451 g/mol. The average Bonchev–Trinajstić information content (AvgIpc) is 2.83. The van der Waals surface area contributed by atoms with E-state index in [0.717, 1.165) is 23.3 Å². The molecule has 32 heavy (non-hydrogen) atoms. The van der Waals surface area contributed by atoms with E-state index in [9.17, 15) is 10.1 Å². The van der Waals surface area contributed by atoms with Crippen molar-refractivity contribution in [2.75, 3.05) is 30.4 Å². The highest BCUT2D eigenvalue weighted by molar-refractivity contribution is 6.30. The second-order valence-electron chi connectivity index (χ2n) is 7.29. The molecule has 1 aliphatic rings. The minimum atomic E-state index is -0.426. The van der Waals surface area contributed by atoms with Crippen LogP contribution in [0.1, 0.15) is 17.5 Å². The van der Waals surface area contributed by atoms with Gasteiger partial charge in [-0.25, -0.2) is 9.97 Å². The van der Waals surface area contributed by atoms with Crippen molar-refractivity contribution in [2.24, 2.45) is 0 Å². The molecule has 0 atom stereocenters. The van der Waals surface area contributed by atoms with Crippen LogP contribution in [0.25, 0.3) is 5.57 Å². The standard InChI is InChI=1S/C23H22ClN5O3/c1-32-20-8-2-16(3-9-20)14-25-22-21(29(30)31)23(27-15-26-22)28-12-10-18(11-13-28)17-4-6-19(24)7-5-17/h2-10,15H,11-14H2,1H3,(H,25,26,27). The van der Waals surface area contributed by atoms with E-state index >= 15 is 0 Å². The van der Waals surface area contributed by atoms with Crippen LogP contribution >= 0.6 is 11.6 Å². The molecule has 0 amide bonds. The van der Waals surface area contributed by atoms with E-state index in [0.29, 0.717) is 30.5 Å². The summed E-state index contributed by atoms with van der Waals surface area (Å²) in [6.45, 7) is 1.53. The minimum Gasteiger partial charge on any atom is -0.497 e. The Morgan fingerprint density at radius 3 is 2.53 bits per heavy atom. The van der Waals surface area contributed by atoms with Gasteiger partial charge in [-0.15, -0.1) is 0 Å². The molecule has 0 radical (unpaired) electrons. The van der Waals surface area contributed by atoms with Crippen molar-refractivity contribution in [3.8, 4) is 5.75 Å². The molecule has 2 aromatic carbocycles.